The molecule has 0 radical (unpaired) electrons. The zero-order valence-electron chi connectivity index (χ0n) is 9.50. The van der Waals surface area contributed by atoms with Gasteiger partial charge in [-0.2, -0.15) is 0 Å². The fraction of sp³-hybridized carbons (Fsp3) is 0.417. The minimum absolute atomic E-state index is 0.0909. The van der Waals surface area contributed by atoms with Gasteiger partial charge < -0.3 is 10.5 Å². The first-order valence-electron chi connectivity index (χ1n) is 5.16. The Balaban J connectivity index is 2.88. The summed E-state index contributed by atoms with van der Waals surface area (Å²) in [5.41, 5.74) is 7.16. The van der Waals surface area contributed by atoms with Crippen molar-refractivity contribution in [2.45, 2.75) is 33.3 Å². The predicted molar refractivity (Wildman–Crippen MR) is 62.6 cm³/mol. The van der Waals surface area contributed by atoms with E-state index < -0.39 is 0 Å². The molecule has 82 valence electrons. The second kappa shape index (κ2) is 4.82. The number of rotatable bonds is 4. The second-order valence-corrected chi connectivity index (χ2v) is 3.73. The summed E-state index contributed by atoms with van der Waals surface area (Å²) in [6.45, 7) is 6.09. The highest BCUT2D eigenvalue weighted by atomic mass is 16.5. The van der Waals surface area contributed by atoms with Gasteiger partial charge in [0.1, 0.15) is 11.6 Å². The lowest BCUT2D eigenvalue weighted by Crippen LogP contribution is -2.13. The molecule has 0 aliphatic heterocycles. The molecule has 0 aliphatic rings. The average Bonchev–Trinajstić information content (AvgIpc) is 2.20. The van der Waals surface area contributed by atoms with Crippen LogP contribution in [0.3, 0.4) is 0 Å². The third-order valence-electron chi connectivity index (χ3n) is 2.39. The third-order valence-corrected chi connectivity index (χ3v) is 2.39. The molecule has 0 amide bonds. The van der Waals surface area contributed by atoms with Crippen molar-refractivity contribution in [3.8, 4) is 5.75 Å². The van der Waals surface area contributed by atoms with Crippen LogP contribution in [-0.4, -0.2) is 11.9 Å². The lowest BCUT2D eigenvalue weighted by atomic mass is 10.1. The molecule has 0 fully saturated rings. The summed E-state index contributed by atoms with van der Waals surface area (Å²) < 4.78 is 5.72. The molecule has 0 saturated carbocycles. The summed E-state index contributed by atoms with van der Waals surface area (Å²) in [6, 6.07) is 5.56. The Labute approximate surface area is 90.8 Å². The van der Waals surface area contributed by atoms with Gasteiger partial charge in [0.15, 0.2) is 0 Å². The maximum Gasteiger partial charge on any atom is 0.122 e. The molecule has 1 aromatic carbocycles. The Morgan fingerprint density at radius 3 is 2.67 bits per heavy atom. The maximum atomic E-state index is 7.32. The first kappa shape index (κ1) is 11.6. The van der Waals surface area contributed by atoms with E-state index >= 15 is 0 Å². The van der Waals surface area contributed by atoms with E-state index in [0.717, 1.165) is 23.3 Å². The van der Waals surface area contributed by atoms with Crippen molar-refractivity contribution in [2.24, 2.45) is 5.73 Å². The monoisotopic (exact) mass is 206 g/mol. The molecule has 0 heterocycles. The Bertz CT molecular complexity index is 361. The summed E-state index contributed by atoms with van der Waals surface area (Å²) in [4.78, 5) is 0. The van der Waals surface area contributed by atoms with Crippen LogP contribution in [0.1, 0.15) is 31.4 Å². The van der Waals surface area contributed by atoms with Gasteiger partial charge in [0.25, 0.3) is 0 Å². The number of ether oxygens (including phenoxy) is 1. The molecular formula is C12H18N2O. The van der Waals surface area contributed by atoms with Crippen molar-refractivity contribution < 1.29 is 4.74 Å². The van der Waals surface area contributed by atoms with E-state index in [9.17, 15) is 0 Å². The molecular weight excluding hydrogens is 188 g/mol. The van der Waals surface area contributed by atoms with Gasteiger partial charge in [-0.25, -0.2) is 0 Å². The van der Waals surface area contributed by atoms with Gasteiger partial charge in [-0.15, -0.1) is 0 Å². The number of amidine groups is 1. The summed E-state index contributed by atoms with van der Waals surface area (Å²) in [7, 11) is 0. The molecule has 3 N–H and O–H groups in total. The van der Waals surface area contributed by atoms with Crippen molar-refractivity contribution in [1.82, 2.24) is 0 Å². The molecule has 1 rings (SSSR count). The summed E-state index contributed by atoms with van der Waals surface area (Å²) in [6.07, 6.45) is 1.19. The quantitative estimate of drug-likeness (QED) is 0.587. The molecule has 0 aliphatic carbocycles. The van der Waals surface area contributed by atoms with Gasteiger partial charge in [-0.3, -0.25) is 5.41 Å². The normalized spacial score (nSPS) is 12.2. The molecule has 3 heteroatoms. The van der Waals surface area contributed by atoms with Crippen molar-refractivity contribution in [1.29, 1.82) is 5.41 Å². The molecule has 1 atom stereocenters. The van der Waals surface area contributed by atoms with Crippen molar-refractivity contribution in [3.63, 3.8) is 0 Å². The van der Waals surface area contributed by atoms with Crippen LogP contribution in [0, 0.1) is 12.3 Å². The highest BCUT2D eigenvalue weighted by molar-refractivity contribution is 5.95. The minimum atomic E-state index is 0.0909. The third kappa shape index (κ3) is 2.98. The van der Waals surface area contributed by atoms with Crippen LogP contribution in [0.25, 0.3) is 0 Å². The predicted octanol–water partition coefficient (Wildman–Crippen LogP) is 2.46. The number of nitrogens with two attached hydrogens (primary N) is 1. The minimum Gasteiger partial charge on any atom is -0.490 e. The fourth-order valence-electron chi connectivity index (χ4n) is 1.25. The number of benzene rings is 1. The molecule has 1 unspecified atom stereocenters. The molecule has 15 heavy (non-hydrogen) atoms. The van der Waals surface area contributed by atoms with Gasteiger partial charge in [0, 0.05) is 5.56 Å². The largest absolute Gasteiger partial charge is 0.490 e. The standard InChI is InChI=1S/C12H18N2O/c1-4-9(3)15-11-6-5-10(12(13)14)7-8(11)2/h5-7,9H,4H2,1-3H3,(H3,13,14). The van der Waals surface area contributed by atoms with Crippen LogP contribution >= 0.6 is 0 Å². The van der Waals surface area contributed by atoms with E-state index in [1.54, 1.807) is 0 Å². The number of nitrogen functional groups attached to an aromatic ring is 1. The Kier molecular flexibility index (Phi) is 3.72. The van der Waals surface area contributed by atoms with Crippen LogP contribution < -0.4 is 10.5 Å². The molecule has 1 aromatic rings. The van der Waals surface area contributed by atoms with E-state index in [1.807, 2.05) is 32.0 Å². The highest BCUT2D eigenvalue weighted by Gasteiger charge is 2.05. The summed E-state index contributed by atoms with van der Waals surface area (Å²) in [5.74, 6) is 0.961. The molecule has 0 spiro atoms. The number of hydrogen-bond acceptors (Lipinski definition) is 2. The Morgan fingerprint density at radius 2 is 2.20 bits per heavy atom. The van der Waals surface area contributed by atoms with Crippen molar-refractivity contribution in [3.05, 3.63) is 29.3 Å². The van der Waals surface area contributed by atoms with Crippen LogP contribution in [0.2, 0.25) is 0 Å². The number of hydrogen-bond donors (Lipinski definition) is 2. The van der Waals surface area contributed by atoms with Gasteiger partial charge in [-0.05, 0) is 44.0 Å². The Hall–Kier alpha value is -1.51. The topological polar surface area (TPSA) is 59.1 Å². The van der Waals surface area contributed by atoms with Gasteiger partial charge in [0.2, 0.25) is 0 Å². The van der Waals surface area contributed by atoms with E-state index in [2.05, 4.69) is 6.92 Å². The lowest BCUT2D eigenvalue weighted by Gasteiger charge is -2.15. The van der Waals surface area contributed by atoms with E-state index in [0.29, 0.717) is 0 Å². The first-order chi connectivity index (χ1) is 7.04. The van der Waals surface area contributed by atoms with E-state index in [1.165, 1.54) is 0 Å². The zero-order chi connectivity index (χ0) is 11.4. The molecule has 3 nitrogen and oxygen atoms in total. The van der Waals surface area contributed by atoms with Crippen LogP contribution in [-0.2, 0) is 0 Å². The maximum absolute atomic E-state index is 7.32. The van der Waals surface area contributed by atoms with Crippen molar-refractivity contribution >= 4 is 5.84 Å². The van der Waals surface area contributed by atoms with Crippen molar-refractivity contribution in [2.75, 3.05) is 0 Å². The van der Waals surface area contributed by atoms with E-state index in [4.69, 9.17) is 15.9 Å². The Morgan fingerprint density at radius 1 is 1.53 bits per heavy atom. The highest BCUT2D eigenvalue weighted by Crippen LogP contribution is 2.20. The van der Waals surface area contributed by atoms with Gasteiger partial charge >= 0.3 is 0 Å². The smallest absolute Gasteiger partial charge is 0.122 e. The fourth-order valence-corrected chi connectivity index (χ4v) is 1.25. The van der Waals surface area contributed by atoms with Crippen LogP contribution in [0.4, 0.5) is 0 Å². The first-order valence-corrected chi connectivity index (χ1v) is 5.16. The summed E-state index contributed by atoms with van der Waals surface area (Å²) in [5, 5.41) is 7.32. The average molecular weight is 206 g/mol. The second-order valence-electron chi connectivity index (χ2n) is 3.73. The van der Waals surface area contributed by atoms with E-state index in [-0.39, 0.29) is 11.9 Å². The molecule has 0 bridgehead atoms. The number of nitrogens with one attached hydrogen (secondary N) is 1. The van der Waals surface area contributed by atoms with Gasteiger partial charge in [0.05, 0.1) is 6.10 Å². The van der Waals surface area contributed by atoms with Crippen LogP contribution in [0.15, 0.2) is 18.2 Å². The lowest BCUT2D eigenvalue weighted by molar-refractivity contribution is 0.216. The molecule has 0 saturated heterocycles. The summed E-state index contributed by atoms with van der Waals surface area (Å²) >= 11 is 0. The van der Waals surface area contributed by atoms with Crippen LogP contribution in [0.5, 0.6) is 5.75 Å². The number of aryl methyl sites for hydroxylation is 1. The molecule has 0 aromatic heterocycles. The SMILES string of the molecule is CCC(C)Oc1ccc(C(=N)N)cc1C. The van der Waals surface area contributed by atoms with Gasteiger partial charge in [-0.1, -0.05) is 6.92 Å². The zero-order valence-corrected chi connectivity index (χ0v) is 9.50.